The average Bonchev–Trinajstić information content (AvgIpc) is 2.53. The molecule has 2 unspecified atom stereocenters. The highest BCUT2D eigenvalue weighted by Crippen LogP contribution is 2.29. The topological polar surface area (TPSA) is 38.7 Å². The van der Waals surface area contributed by atoms with Gasteiger partial charge in [0.15, 0.2) is 0 Å². The molecule has 1 aliphatic carbocycles. The summed E-state index contributed by atoms with van der Waals surface area (Å²) in [5.41, 5.74) is 0. The number of rotatable bonds is 4. The summed E-state index contributed by atoms with van der Waals surface area (Å²) in [6.45, 7) is 0.630. The summed E-state index contributed by atoms with van der Waals surface area (Å²) in [7, 11) is 1.76. The number of carbonyl (C=O) groups excluding carboxylic acids is 1. The molecule has 3 heteroatoms. The predicted octanol–water partition coefficient (Wildman–Crippen LogP) is 1.53. The molecule has 0 heterocycles. The van der Waals surface area contributed by atoms with E-state index in [0.717, 1.165) is 19.3 Å². The van der Waals surface area contributed by atoms with Crippen LogP contribution in [0.1, 0.15) is 25.7 Å². The number of nitrogens with zero attached hydrogens (tertiary/aromatic N) is 1. The molecule has 12 heavy (non-hydrogen) atoms. The summed E-state index contributed by atoms with van der Waals surface area (Å²) in [4.78, 5) is 13.3. The van der Waals surface area contributed by atoms with E-state index in [0.29, 0.717) is 18.6 Å². The normalized spacial score (nSPS) is 28.4. The standard InChI is InChI=1S/C9H15NO2/c1-12-9-3-2-8(6-9)4-5-10-7-11/h8-9H,2-6H2,1H3. The van der Waals surface area contributed by atoms with Gasteiger partial charge in [-0.2, -0.15) is 0 Å². The van der Waals surface area contributed by atoms with Gasteiger partial charge in [0.2, 0.25) is 6.08 Å². The number of hydrogen-bond acceptors (Lipinski definition) is 3. The van der Waals surface area contributed by atoms with Crippen LogP contribution in [-0.2, 0) is 9.53 Å². The Morgan fingerprint density at radius 2 is 2.42 bits per heavy atom. The lowest BCUT2D eigenvalue weighted by atomic mass is 10.0. The maximum Gasteiger partial charge on any atom is 0.234 e. The van der Waals surface area contributed by atoms with Crippen molar-refractivity contribution in [3.8, 4) is 0 Å². The van der Waals surface area contributed by atoms with Crippen molar-refractivity contribution < 1.29 is 9.53 Å². The Bertz CT molecular complexity index is 175. The maximum atomic E-state index is 9.78. The first-order chi connectivity index (χ1) is 5.86. The minimum atomic E-state index is 0.440. The summed E-state index contributed by atoms with van der Waals surface area (Å²) in [6, 6.07) is 0. The minimum Gasteiger partial charge on any atom is -0.381 e. The van der Waals surface area contributed by atoms with Crippen molar-refractivity contribution >= 4 is 6.08 Å². The van der Waals surface area contributed by atoms with Gasteiger partial charge >= 0.3 is 0 Å². The first-order valence-corrected chi connectivity index (χ1v) is 4.43. The Hall–Kier alpha value is -0.660. The number of methoxy groups -OCH3 is 1. The molecule has 0 aliphatic heterocycles. The molecule has 0 spiro atoms. The molecule has 68 valence electrons. The van der Waals surface area contributed by atoms with E-state index in [1.807, 2.05) is 0 Å². The molecule has 1 fully saturated rings. The van der Waals surface area contributed by atoms with E-state index in [2.05, 4.69) is 4.99 Å². The van der Waals surface area contributed by atoms with E-state index < -0.39 is 0 Å². The fraction of sp³-hybridized carbons (Fsp3) is 0.889. The molecule has 1 saturated carbocycles. The Kier molecular flexibility index (Phi) is 3.98. The highest BCUT2D eigenvalue weighted by atomic mass is 16.5. The molecular weight excluding hydrogens is 154 g/mol. The van der Waals surface area contributed by atoms with E-state index in [1.54, 1.807) is 13.2 Å². The zero-order valence-corrected chi connectivity index (χ0v) is 7.45. The predicted molar refractivity (Wildman–Crippen MR) is 45.7 cm³/mol. The van der Waals surface area contributed by atoms with Crippen LogP contribution in [0.4, 0.5) is 0 Å². The van der Waals surface area contributed by atoms with Gasteiger partial charge in [-0.3, -0.25) is 0 Å². The molecule has 0 bridgehead atoms. The summed E-state index contributed by atoms with van der Waals surface area (Å²) < 4.78 is 5.24. The van der Waals surface area contributed by atoms with Gasteiger partial charge in [0.05, 0.1) is 12.6 Å². The van der Waals surface area contributed by atoms with Crippen molar-refractivity contribution in [2.45, 2.75) is 31.8 Å². The molecule has 0 radical (unpaired) electrons. The summed E-state index contributed by atoms with van der Waals surface area (Å²) in [5.74, 6) is 0.701. The number of isocyanates is 1. The van der Waals surface area contributed by atoms with Gasteiger partial charge < -0.3 is 4.74 Å². The molecule has 1 rings (SSSR count). The van der Waals surface area contributed by atoms with Gasteiger partial charge in [-0.1, -0.05) is 0 Å². The maximum absolute atomic E-state index is 9.78. The Morgan fingerprint density at radius 1 is 1.58 bits per heavy atom. The van der Waals surface area contributed by atoms with Crippen LogP contribution in [0.3, 0.4) is 0 Å². The third kappa shape index (κ3) is 2.76. The van der Waals surface area contributed by atoms with E-state index in [1.165, 1.54) is 6.42 Å². The SMILES string of the molecule is COC1CCC(CCN=C=O)C1. The molecule has 0 saturated heterocycles. The summed E-state index contributed by atoms with van der Waals surface area (Å²) in [6.07, 6.45) is 6.51. The van der Waals surface area contributed by atoms with Gasteiger partial charge in [0.1, 0.15) is 0 Å². The van der Waals surface area contributed by atoms with Crippen molar-refractivity contribution in [3.63, 3.8) is 0 Å². The van der Waals surface area contributed by atoms with Crippen molar-refractivity contribution in [3.05, 3.63) is 0 Å². The van der Waals surface area contributed by atoms with Gasteiger partial charge in [0, 0.05) is 7.11 Å². The van der Waals surface area contributed by atoms with E-state index >= 15 is 0 Å². The number of aliphatic imine (C=N–C) groups is 1. The summed E-state index contributed by atoms with van der Waals surface area (Å²) in [5, 5.41) is 0. The first-order valence-electron chi connectivity index (χ1n) is 4.43. The lowest BCUT2D eigenvalue weighted by Crippen LogP contribution is -2.05. The second-order valence-electron chi connectivity index (χ2n) is 3.30. The Balaban J connectivity index is 2.14. The van der Waals surface area contributed by atoms with Crippen molar-refractivity contribution in [2.24, 2.45) is 10.9 Å². The van der Waals surface area contributed by atoms with Crippen LogP contribution in [0.25, 0.3) is 0 Å². The zero-order chi connectivity index (χ0) is 8.81. The van der Waals surface area contributed by atoms with Gasteiger partial charge in [0.25, 0.3) is 0 Å². The number of ether oxygens (including phenoxy) is 1. The van der Waals surface area contributed by atoms with E-state index in [4.69, 9.17) is 4.74 Å². The van der Waals surface area contributed by atoms with E-state index in [9.17, 15) is 4.79 Å². The Morgan fingerprint density at radius 3 is 3.00 bits per heavy atom. The van der Waals surface area contributed by atoms with Crippen LogP contribution < -0.4 is 0 Å². The van der Waals surface area contributed by atoms with Gasteiger partial charge in [-0.25, -0.2) is 9.79 Å². The zero-order valence-electron chi connectivity index (χ0n) is 7.45. The van der Waals surface area contributed by atoms with Crippen molar-refractivity contribution in [2.75, 3.05) is 13.7 Å². The lowest BCUT2D eigenvalue weighted by molar-refractivity contribution is 0.105. The van der Waals surface area contributed by atoms with E-state index in [-0.39, 0.29) is 0 Å². The smallest absolute Gasteiger partial charge is 0.234 e. The molecule has 0 aromatic rings. The van der Waals surface area contributed by atoms with Crippen molar-refractivity contribution in [1.29, 1.82) is 0 Å². The summed E-state index contributed by atoms with van der Waals surface area (Å²) >= 11 is 0. The third-order valence-corrected chi connectivity index (χ3v) is 2.54. The molecule has 0 N–H and O–H groups in total. The third-order valence-electron chi connectivity index (χ3n) is 2.54. The second kappa shape index (κ2) is 5.07. The molecule has 3 nitrogen and oxygen atoms in total. The molecule has 0 aromatic heterocycles. The molecule has 2 atom stereocenters. The number of hydrogen-bond donors (Lipinski definition) is 0. The van der Waals surface area contributed by atoms with Crippen LogP contribution >= 0.6 is 0 Å². The van der Waals surface area contributed by atoms with Crippen LogP contribution in [0.2, 0.25) is 0 Å². The van der Waals surface area contributed by atoms with Crippen LogP contribution in [0.15, 0.2) is 4.99 Å². The average molecular weight is 169 g/mol. The monoisotopic (exact) mass is 169 g/mol. The van der Waals surface area contributed by atoms with Crippen LogP contribution in [0, 0.1) is 5.92 Å². The minimum absolute atomic E-state index is 0.440. The molecule has 1 aliphatic rings. The Labute approximate surface area is 72.8 Å². The van der Waals surface area contributed by atoms with Gasteiger partial charge in [-0.15, -0.1) is 0 Å². The van der Waals surface area contributed by atoms with Crippen LogP contribution in [0.5, 0.6) is 0 Å². The quantitative estimate of drug-likeness (QED) is 0.473. The largest absolute Gasteiger partial charge is 0.381 e. The van der Waals surface area contributed by atoms with Crippen LogP contribution in [-0.4, -0.2) is 25.8 Å². The molecular formula is C9H15NO2. The first kappa shape index (κ1) is 9.43. The lowest BCUT2D eigenvalue weighted by Gasteiger charge is -2.07. The van der Waals surface area contributed by atoms with Gasteiger partial charge in [-0.05, 0) is 31.6 Å². The van der Waals surface area contributed by atoms with Crippen molar-refractivity contribution in [1.82, 2.24) is 0 Å². The fourth-order valence-corrected chi connectivity index (χ4v) is 1.80. The highest BCUT2D eigenvalue weighted by molar-refractivity contribution is 5.32. The molecule has 0 aromatic carbocycles. The molecule has 0 amide bonds. The highest BCUT2D eigenvalue weighted by Gasteiger charge is 2.23. The second-order valence-corrected chi connectivity index (χ2v) is 3.30. The fourth-order valence-electron chi connectivity index (χ4n) is 1.80.